The van der Waals surface area contributed by atoms with E-state index in [2.05, 4.69) is 0 Å². The van der Waals surface area contributed by atoms with Gasteiger partial charge in [-0.2, -0.15) is 13.2 Å². The summed E-state index contributed by atoms with van der Waals surface area (Å²) in [6.07, 6.45) is -6.96. The van der Waals surface area contributed by atoms with E-state index < -0.39 is 245 Å². The van der Waals surface area contributed by atoms with Gasteiger partial charge in [0.25, 0.3) is 0 Å². The zero-order chi connectivity index (χ0) is 59.7. The second kappa shape index (κ2) is 16.7. The number of piperidine rings is 1. The number of likely N-dealkylation sites (tertiary alicyclic amines) is 1. The quantitative estimate of drug-likeness (QED) is 0.0939. The van der Waals surface area contributed by atoms with Gasteiger partial charge in [-0.25, -0.2) is 8.78 Å². The number of hydrogen-bond acceptors (Lipinski definition) is 5. The number of nitrogens with zero attached hydrogens (tertiary/aromatic N) is 3. The minimum absolute atomic E-state index is 0.0728. The van der Waals surface area contributed by atoms with E-state index in [0.717, 1.165) is 18.9 Å². The fourth-order valence-corrected chi connectivity index (χ4v) is 5.57. The molecule has 0 aliphatic carbocycles. The highest BCUT2D eigenvalue weighted by atomic mass is 32.2. The fourth-order valence-electron chi connectivity index (χ4n) is 4.85. The molecule has 6 nitrogen and oxygen atoms in total. The molecule has 0 spiro atoms. The fraction of sp³-hybridized carbons (Fsp3) is 0.317. The number of pyridine rings is 1. The monoisotopic (exact) mass is 774 g/mol. The smallest absolute Gasteiger partial charge is 0.383 e. The summed E-state index contributed by atoms with van der Waals surface area (Å²) in [5.41, 5.74) is -14.8. The number of halogens is 5. The Bertz CT molecular complexity index is 3340. The van der Waals surface area contributed by atoms with Gasteiger partial charge in [-0.05, 0) is 66.7 Å². The average molecular weight is 775 g/mol. The van der Waals surface area contributed by atoms with E-state index in [0.29, 0.717) is 0 Å². The molecule has 12 heteroatoms. The van der Waals surface area contributed by atoms with Gasteiger partial charge in [0.15, 0.2) is 17.1 Å². The zero-order valence-corrected chi connectivity index (χ0v) is 28.1. The largest absolute Gasteiger partial charge is 0.416 e. The molecule has 278 valence electrons. The van der Waals surface area contributed by atoms with Crippen LogP contribution in [0.3, 0.4) is 0 Å². The number of fused-ring (bicyclic) bond motifs is 1. The number of hydrogen-bond donors (Lipinski definition) is 0. The normalized spacial score (nSPS) is 22.3. The Balaban J connectivity index is 1.71. The molecule has 0 saturated carbocycles. The van der Waals surface area contributed by atoms with Crippen LogP contribution in [0.1, 0.15) is 69.4 Å². The van der Waals surface area contributed by atoms with Crippen molar-refractivity contribution in [3.8, 4) is 11.1 Å². The predicted octanol–water partition coefficient (Wildman–Crippen LogP) is 8.71. The number of carbonyl (C=O) groups is 1. The number of benzene rings is 4. The third kappa shape index (κ3) is 9.17. The van der Waals surface area contributed by atoms with Crippen molar-refractivity contribution in [3.63, 3.8) is 0 Å². The summed E-state index contributed by atoms with van der Waals surface area (Å²) in [7, 11) is 0.828. The summed E-state index contributed by atoms with van der Waals surface area (Å²) in [5, 5.41) is -2.58. The zero-order valence-electron chi connectivity index (χ0n) is 52.3. The topological polar surface area (TPSA) is 54.8 Å². The van der Waals surface area contributed by atoms with Crippen molar-refractivity contribution < 1.29 is 65.8 Å². The highest BCUT2D eigenvalue weighted by molar-refractivity contribution is 7.98. The van der Waals surface area contributed by atoms with Crippen LogP contribution in [-0.4, -0.2) is 59.6 Å². The molecule has 53 heavy (non-hydrogen) atoms. The minimum Gasteiger partial charge on any atom is -0.383 e. The molecule has 6 rings (SSSR count). The number of carbonyl (C=O) groups excluding carboxylic acids is 1. The van der Waals surface area contributed by atoms with Gasteiger partial charge in [-0.15, -0.1) is 11.8 Å². The van der Waals surface area contributed by atoms with E-state index in [1.807, 2.05) is 0 Å². The minimum atomic E-state index is -5.49. The van der Waals surface area contributed by atoms with Gasteiger partial charge >= 0.3 is 6.18 Å². The van der Waals surface area contributed by atoms with Crippen molar-refractivity contribution in [3.05, 3.63) is 135 Å². The molecule has 0 unspecified atom stereocenters. The lowest BCUT2D eigenvalue weighted by Crippen LogP contribution is -2.48. The van der Waals surface area contributed by atoms with Crippen LogP contribution in [0, 0.1) is 18.6 Å². The molecule has 5 aromatic rings. The Labute approximate surface area is 344 Å². The second-order valence-electron chi connectivity index (χ2n) is 10.9. The van der Waals surface area contributed by atoms with Crippen LogP contribution < -0.4 is 5.43 Å². The Morgan fingerprint density at radius 2 is 1.66 bits per heavy atom. The molecule has 0 bridgehead atoms. The average Bonchev–Trinajstić information content (AvgIpc) is 3.37. The summed E-state index contributed by atoms with van der Waals surface area (Å²) in [6, 6.07) is -23.5. The number of methoxy groups -OCH3 is 1. The number of aromatic nitrogens is 1. The van der Waals surface area contributed by atoms with Crippen molar-refractivity contribution >= 4 is 28.6 Å². The van der Waals surface area contributed by atoms with Gasteiger partial charge in [0.2, 0.25) is 5.91 Å². The Hall–Kier alpha value is -4.52. The highest BCUT2D eigenvalue weighted by Gasteiger charge is 2.31. The summed E-state index contributed by atoms with van der Waals surface area (Å²) >= 11 is -0.623. The van der Waals surface area contributed by atoms with Gasteiger partial charge in [0.1, 0.15) is 6.50 Å². The lowest BCUT2D eigenvalue weighted by atomic mass is 10.00. The molecular weight excluding hydrogens is 710 g/mol. The van der Waals surface area contributed by atoms with Crippen LogP contribution in [0.5, 0.6) is 0 Å². The third-order valence-electron chi connectivity index (χ3n) is 7.39. The molecule has 0 N–H and O–H groups in total. The predicted molar refractivity (Wildman–Crippen MR) is 198 cm³/mol. The lowest BCUT2D eigenvalue weighted by molar-refractivity contribution is -0.137. The lowest BCUT2D eigenvalue weighted by Gasteiger charge is -2.39. The summed E-state index contributed by atoms with van der Waals surface area (Å²) in [6.45, 7) is -14.7. The van der Waals surface area contributed by atoms with Crippen molar-refractivity contribution in [2.75, 3.05) is 33.3 Å². The molecule has 0 atom stereocenters. The van der Waals surface area contributed by atoms with Gasteiger partial charge in [0, 0.05) is 67.4 Å². The van der Waals surface area contributed by atoms with E-state index >= 15 is 13.6 Å². The number of rotatable bonds is 12. The van der Waals surface area contributed by atoms with E-state index in [1.165, 1.54) is 0 Å². The summed E-state index contributed by atoms with van der Waals surface area (Å²) < 4.78 is 294. The maximum Gasteiger partial charge on any atom is 0.416 e. The molecule has 0 radical (unpaired) electrons. The van der Waals surface area contributed by atoms with Crippen molar-refractivity contribution in [1.29, 1.82) is 0 Å². The maximum absolute atomic E-state index is 15.7. The van der Waals surface area contributed by atoms with E-state index in [9.17, 15) is 23.4 Å². The number of alkyl halides is 3. The number of ether oxygens (including phenoxy) is 1. The van der Waals surface area contributed by atoms with Crippen LogP contribution in [0.15, 0.2) is 100 Å². The molecule has 1 amide bonds. The molecule has 2 heterocycles. The Morgan fingerprint density at radius 3 is 2.32 bits per heavy atom. The van der Waals surface area contributed by atoms with Crippen LogP contribution in [0.4, 0.5) is 22.0 Å². The standard InChI is InChI=1S/C41H40F5N3O3S/c1-27-6-15-36-34(22-27)37(50)23-39(53-26-31-4-3-5-35(42)40(31)43)49(36)25-38(51)48(33-16-18-47(19-17-33)20-21-52-2)24-28-7-9-29(10-8-28)30-11-13-32(14-12-30)41(44,45)46/h3-15,22-23,33H,16-21,24-26H2,1-2H3/i3D,4D,5D,6D,7D,8D,9D,10D,11D,12D,13D,14D,15D,20D2,21D2,22D,23D,24D2,25D2,26D2. The maximum atomic E-state index is 15.7. The van der Waals surface area contributed by atoms with E-state index in [-0.39, 0.29) is 9.47 Å². The second-order valence-corrected chi connectivity index (χ2v) is 11.7. The van der Waals surface area contributed by atoms with Crippen LogP contribution >= 0.6 is 11.8 Å². The number of amides is 1. The van der Waals surface area contributed by atoms with Crippen LogP contribution in [-0.2, 0) is 34.4 Å². The molecule has 1 aromatic heterocycles. The highest BCUT2D eigenvalue weighted by Crippen LogP contribution is 2.32. The van der Waals surface area contributed by atoms with Gasteiger partial charge in [-0.1, -0.05) is 59.9 Å². The molecule has 4 aromatic carbocycles. The summed E-state index contributed by atoms with van der Waals surface area (Å²) in [4.78, 5) is 30.6. The molecular formula is C41H40F5N3O3S. The SMILES string of the molecule is [2H]c1c([2H])c(F)c(F)c(C([2H])([2H])Sc2c([2H])c(=O)c3c([2H])c(C)c([2H])c([2H])c3n2C([2H])([2H])C(=O)N(C2CCN(C([2H])([2H])C([2H])([2H])OC)CC2)C([2H])([2H])c2c([2H])c([2H])c(-c3c([2H])c([2H])c(C(F)(F)F)c([2H])c3[2H])c([2H])c2[2H])c1[2H]. The molecule has 1 fully saturated rings. The molecule has 1 saturated heterocycles. The first-order chi connectivity index (χ1) is 35.4. The first-order valence-electron chi connectivity index (χ1n) is 27.7. The van der Waals surface area contributed by atoms with Crippen molar-refractivity contribution in [2.45, 2.75) is 55.7 Å². The van der Waals surface area contributed by atoms with Gasteiger partial charge in [-0.3, -0.25) is 9.59 Å². The van der Waals surface area contributed by atoms with Gasteiger partial charge in [0.05, 0.1) is 51.5 Å². The Kier molecular flexibility index (Phi) is 5.58. The molecule has 1 aliphatic rings. The number of thioether (sulfide) groups is 1. The first kappa shape index (κ1) is 17.7. The van der Waals surface area contributed by atoms with Crippen molar-refractivity contribution in [2.24, 2.45) is 0 Å². The summed E-state index contributed by atoms with van der Waals surface area (Å²) in [5.74, 6) is -6.71. The van der Waals surface area contributed by atoms with E-state index in [4.69, 9.17) is 33.5 Å². The van der Waals surface area contributed by atoms with Crippen molar-refractivity contribution in [1.82, 2.24) is 14.4 Å². The third-order valence-corrected chi connectivity index (χ3v) is 8.18. The van der Waals surface area contributed by atoms with E-state index in [1.54, 1.807) is 0 Å². The Morgan fingerprint density at radius 1 is 0.981 bits per heavy atom. The van der Waals surface area contributed by atoms with Crippen LogP contribution in [0.2, 0.25) is 0 Å². The van der Waals surface area contributed by atoms with Gasteiger partial charge < -0.3 is 19.1 Å². The molecule has 1 aliphatic heterocycles. The first-order valence-corrected chi connectivity index (χ1v) is 16.0. The van der Waals surface area contributed by atoms with Crippen LogP contribution in [0.25, 0.3) is 22.0 Å².